The van der Waals surface area contributed by atoms with Crippen LogP contribution >= 0.6 is 0 Å². The van der Waals surface area contributed by atoms with Crippen molar-refractivity contribution in [3.05, 3.63) is 35.0 Å². The fourth-order valence-corrected chi connectivity index (χ4v) is 0.919. The van der Waals surface area contributed by atoms with Gasteiger partial charge in [-0.1, -0.05) is 12.1 Å². The lowest BCUT2D eigenvalue weighted by atomic mass is 10.2. The summed E-state index contributed by atoms with van der Waals surface area (Å²) < 4.78 is 0. The lowest BCUT2D eigenvalue weighted by molar-refractivity contribution is 1.13. The van der Waals surface area contributed by atoms with Crippen molar-refractivity contribution in [1.29, 1.82) is 0 Å². The third kappa shape index (κ3) is 1.99. The largest absolute Gasteiger partial charge is 0.792 e. The summed E-state index contributed by atoms with van der Waals surface area (Å²) >= 11 is 0. The summed E-state index contributed by atoms with van der Waals surface area (Å²) in [5.74, 6) is 0. The van der Waals surface area contributed by atoms with E-state index in [2.05, 4.69) is 5.16 Å². The maximum Gasteiger partial charge on any atom is 0.0361 e. The fourth-order valence-electron chi connectivity index (χ4n) is 0.919. The average Bonchev–Trinajstić information content (AvgIpc) is 2.06. The first kappa shape index (κ1) is 8.59. The van der Waals surface area contributed by atoms with Crippen LogP contribution in [0.5, 0.6) is 0 Å². The van der Waals surface area contributed by atoms with E-state index in [4.69, 9.17) is 0 Å². The van der Waals surface area contributed by atoms with Crippen molar-refractivity contribution in [1.82, 2.24) is 0 Å². The maximum atomic E-state index is 9.88. The average molecular weight is 163 g/mol. The molecular formula is C9H11N2O-. The molecule has 0 N–H and O–H groups in total. The lowest BCUT2D eigenvalue weighted by Gasteiger charge is -2.11. The first-order valence-corrected chi connectivity index (χ1v) is 3.67. The highest BCUT2D eigenvalue weighted by Crippen LogP contribution is 2.10. The summed E-state index contributed by atoms with van der Waals surface area (Å²) in [5.41, 5.74) is 1.94. The number of nitrogens with zero attached hydrogens (tertiary/aromatic N) is 2. The molecule has 1 aromatic rings. The van der Waals surface area contributed by atoms with Gasteiger partial charge in [0.05, 0.1) is 0 Å². The van der Waals surface area contributed by atoms with Crippen LogP contribution in [-0.4, -0.2) is 20.3 Å². The van der Waals surface area contributed by atoms with E-state index in [1.165, 1.54) is 6.21 Å². The second kappa shape index (κ2) is 3.76. The Labute approximate surface area is 71.9 Å². The van der Waals surface area contributed by atoms with E-state index in [0.717, 1.165) is 11.3 Å². The van der Waals surface area contributed by atoms with Gasteiger partial charge in [0.2, 0.25) is 0 Å². The highest BCUT2D eigenvalue weighted by Gasteiger charge is 1.92. The molecule has 0 saturated carbocycles. The van der Waals surface area contributed by atoms with Crippen LogP contribution in [0.4, 0.5) is 5.69 Å². The highest BCUT2D eigenvalue weighted by molar-refractivity contribution is 5.80. The van der Waals surface area contributed by atoms with E-state index in [9.17, 15) is 5.21 Å². The zero-order chi connectivity index (χ0) is 8.97. The van der Waals surface area contributed by atoms with Crippen LogP contribution in [0.15, 0.2) is 29.4 Å². The smallest absolute Gasteiger partial charge is 0.0361 e. The van der Waals surface area contributed by atoms with Gasteiger partial charge in [0.25, 0.3) is 0 Å². The van der Waals surface area contributed by atoms with Crippen LogP contribution in [0, 0.1) is 5.21 Å². The second-order valence-corrected chi connectivity index (χ2v) is 2.72. The normalized spacial score (nSPS) is 10.5. The Morgan fingerprint density at radius 2 is 1.83 bits per heavy atom. The third-order valence-electron chi connectivity index (χ3n) is 1.61. The molecule has 0 spiro atoms. The molecule has 0 heterocycles. The summed E-state index contributed by atoms with van der Waals surface area (Å²) in [7, 11) is 3.94. The highest BCUT2D eigenvalue weighted by atomic mass is 16.4. The van der Waals surface area contributed by atoms with Crippen molar-refractivity contribution in [2.75, 3.05) is 19.0 Å². The molecule has 64 valence electrons. The Kier molecular flexibility index (Phi) is 2.69. The zero-order valence-electron chi connectivity index (χ0n) is 7.19. The van der Waals surface area contributed by atoms with Gasteiger partial charge in [0.15, 0.2) is 0 Å². The minimum absolute atomic E-state index is 0.829. The molecule has 1 aromatic carbocycles. The van der Waals surface area contributed by atoms with Crippen molar-refractivity contribution >= 4 is 11.9 Å². The molecule has 0 radical (unpaired) electrons. The molecule has 0 aliphatic rings. The van der Waals surface area contributed by atoms with E-state index in [1.54, 1.807) is 0 Å². The van der Waals surface area contributed by atoms with Gasteiger partial charge < -0.3 is 15.3 Å². The summed E-state index contributed by atoms with van der Waals surface area (Å²) in [6.45, 7) is 0. The van der Waals surface area contributed by atoms with E-state index in [0.29, 0.717) is 0 Å². The standard InChI is InChI=1S/C9H12N2O/c1-11(2)9-5-3-8(4-6-9)7-10-12/h3-7,12H,1-2H3/p-1/b10-7-. The summed E-state index contributed by atoms with van der Waals surface area (Å²) in [6.07, 6.45) is 1.29. The molecule has 0 aromatic heterocycles. The molecule has 0 amide bonds. The number of benzene rings is 1. The predicted octanol–water partition coefficient (Wildman–Crippen LogP) is 1.67. The summed E-state index contributed by atoms with van der Waals surface area (Å²) in [4.78, 5) is 2.00. The minimum Gasteiger partial charge on any atom is -0.792 e. The Morgan fingerprint density at radius 3 is 2.25 bits per heavy atom. The first-order valence-electron chi connectivity index (χ1n) is 3.67. The second-order valence-electron chi connectivity index (χ2n) is 2.72. The molecule has 0 aliphatic heterocycles. The molecule has 3 heteroatoms. The lowest BCUT2D eigenvalue weighted by Crippen LogP contribution is -2.08. The minimum atomic E-state index is 0.829. The van der Waals surface area contributed by atoms with Crippen molar-refractivity contribution in [3.63, 3.8) is 0 Å². The van der Waals surface area contributed by atoms with Crippen LogP contribution in [-0.2, 0) is 0 Å². The van der Waals surface area contributed by atoms with Crippen molar-refractivity contribution in [3.8, 4) is 0 Å². The van der Waals surface area contributed by atoms with E-state index in [-0.39, 0.29) is 0 Å². The Morgan fingerprint density at radius 1 is 1.25 bits per heavy atom. The molecule has 0 bridgehead atoms. The monoisotopic (exact) mass is 163 g/mol. The fraction of sp³-hybridized carbons (Fsp3) is 0.222. The third-order valence-corrected chi connectivity index (χ3v) is 1.61. The quantitative estimate of drug-likeness (QED) is 0.491. The van der Waals surface area contributed by atoms with Crippen LogP contribution in [0.1, 0.15) is 5.56 Å². The van der Waals surface area contributed by atoms with Crippen molar-refractivity contribution in [2.24, 2.45) is 5.16 Å². The molecule has 0 unspecified atom stereocenters. The van der Waals surface area contributed by atoms with Crippen molar-refractivity contribution in [2.45, 2.75) is 0 Å². The molecule has 0 aliphatic carbocycles. The molecule has 0 atom stereocenters. The number of hydrogen-bond acceptors (Lipinski definition) is 3. The van der Waals surface area contributed by atoms with Crippen LogP contribution in [0.25, 0.3) is 0 Å². The number of rotatable bonds is 2. The first-order chi connectivity index (χ1) is 5.74. The molecule has 0 saturated heterocycles. The van der Waals surface area contributed by atoms with Crippen molar-refractivity contribution < 1.29 is 0 Å². The van der Waals surface area contributed by atoms with Gasteiger partial charge >= 0.3 is 0 Å². The SMILES string of the molecule is CN(C)c1ccc(/C=N\[O-])cc1. The molecular weight excluding hydrogens is 152 g/mol. The van der Waals surface area contributed by atoms with Crippen LogP contribution in [0.3, 0.4) is 0 Å². The zero-order valence-corrected chi connectivity index (χ0v) is 7.19. The Balaban J connectivity index is 2.85. The summed E-state index contributed by atoms with van der Waals surface area (Å²) in [5, 5.41) is 12.6. The van der Waals surface area contributed by atoms with Crippen LogP contribution < -0.4 is 4.90 Å². The van der Waals surface area contributed by atoms with Gasteiger partial charge in [0, 0.05) is 26.0 Å². The van der Waals surface area contributed by atoms with Gasteiger partial charge in [-0.05, 0) is 17.7 Å². The molecule has 1 rings (SSSR count). The number of hydrogen-bond donors (Lipinski definition) is 0. The van der Waals surface area contributed by atoms with Gasteiger partial charge in [-0.2, -0.15) is 0 Å². The van der Waals surface area contributed by atoms with E-state index in [1.807, 2.05) is 43.3 Å². The van der Waals surface area contributed by atoms with Gasteiger partial charge in [-0.3, -0.25) is 0 Å². The Bertz CT molecular complexity index is 264. The van der Waals surface area contributed by atoms with Gasteiger partial charge in [-0.15, -0.1) is 0 Å². The summed E-state index contributed by atoms with van der Waals surface area (Å²) in [6, 6.07) is 7.60. The van der Waals surface area contributed by atoms with Gasteiger partial charge in [0.1, 0.15) is 0 Å². The molecule has 12 heavy (non-hydrogen) atoms. The van der Waals surface area contributed by atoms with Crippen LogP contribution in [0.2, 0.25) is 0 Å². The van der Waals surface area contributed by atoms with E-state index >= 15 is 0 Å². The maximum absolute atomic E-state index is 9.88. The Hall–Kier alpha value is -1.51. The van der Waals surface area contributed by atoms with Gasteiger partial charge in [-0.25, -0.2) is 0 Å². The predicted molar refractivity (Wildman–Crippen MR) is 51.7 cm³/mol. The molecule has 3 nitrogen and oxygen atoms in total. The number of anilines is 1. The molecule has 0 fully saturated rings. The topological polar surface area (TPSA) is 38.7 Å². The van der Waals surface area contributed by atoms with E-state index < -0.39 is 0 Å².